The highest BCUT2D eigenvalue weighted by Crippen LogP contribution is 2.38. The maximum atomic E-state index is 13.3. The average Bonchev–Trinajstić information content (AvgIpc) is 3.18. The van der Waals surface area contributed by atoms with Gasteiger partial charge in [0.25, 0.3) is 6.43 Å². The number of alkyl halides is 2. The van der Waals surface area contributed by atoms with E-state index in [1.165, 1.54) is 6.07 Å². The number of nitriles is 1. The molecular weight excluding hydrogens is 436 g/mol. The Labute approximate surface area is 183 Å². The zero-order chi connectivity index (χ0) is 22.9. The summed E-state index contributed by atoms with van der Waals surface area (Å²) >= 11 is 0. The highest BCUT2D eigenvalue weighted by atomic mass is 32.2. The topological polar surface area (TPSA) is 108 Å². The number of rotatable bonds is 6. The summed E-state index contributed by atoms with van der Waals surface area (Å²) in [6.45, 7) is 0. The maximum Gasteiger partial charge on any atom is 0.277 e. The lowest BCUT2D eigenvalue weighted by Crippen LogP contribution is -2.10. The van der Waals surface area contributed by atoms with Crippen LogP contribution in [0.2, 0.25) is 0 Å². The fourth-order valence-electron chi connectivity index (χ4n) is 3.43. The zero-order valence-corrected chi connectivity index (χ0v) is 17.7. The van der Waals surface area contributed by atoms with Crippen molar-refractivity contribution >= 4 is 32.6 Å². The number of nitrogens with zero attached hydrogens (tertiary/aromatic N) is 4. The minimum atomic E-state index is -3.53. The van der Waals surface area contributed by atoms with Crippen LogP contribution in [0, 0.1) is 11.3 Å². The second kappa shape index (κ2) is 8.43. The first-order valence-corrected chi connectivity index (χ1v) is 11.4. The molecule has 32 heavy (non-hydrogen) atoms. The predicted molar refractivity (Wildman–Crippen MR) is 116 cm³/mol. The van der Waals surface area contributed by atoms with E-state index in [0.717, 1.165) is 6.26 Å². The summed E-state index contributed by atoms with van der Waals surface area (Å²) in [7, 11) is -3.53. The number of hydrogen-bond acceptors (Lipinski definition) is 7. The third kappa shape index (κ3) is 4.48. The van der Waals surface area contributed by atoms with E-state index in [-0.39, 0.29) is 34.8 Å². The number of benzene rings is 1. The number of anilines is 2. The number of halogens is 2. The first kappa shape index (κ1) is 21.5. The zero-order valence-electron chi connectivity index (χ0n) is 16.9. The van der Waals surface area contributed by atoms with Crippen LogP contribution < -0.4 is 5.32 Å². The third-order valence-corrected chi connectivity index (χ3v) is 5.97. The molecule has 162 valence electrons. The van der Waals surface area contributed by atoms with E-state index in [2.05, 4.69) is 20.3 Å². The molecule has 7 nitrogen and oxygen atoms in total. The number of nitrogens with one attached hydrogen (secondary N) is 1. The number of aliphatic imine (C=N–C) groups is 1. The number of sulfone groups is 1. The Morgan fingerprint density at radius 3 is 2.59 bits per heavy atom. The largest absolute Gasteiger partial charge is 0.353 e. The van der Waals surface area contributed by atoms with Gasteiger partial charge in [-0.25, -0.2) is 27.2 Å². The molecule has 0 atom stereocenters. The molecule has 1 aliphatic rings. The van der Waals surface area contributed by atoms with E-state index in [1.54, 1.807) is 42.5 Å². The molecule has 2 aromatic heterocycles. The Morgan fingerprint density at radius 1 is 1.09 bits per heavy atom. The molecule has 0 saturated heterocycles. The van der Waals surface area contributed by atoms with Gasteiger partial charge in [-0.2, -0.15) is 5.26 Å². The highest BCUT2D eigenvalue weighted by Gasteiger charge is 2.26. The molecule has 1 N–H and O–H groups in total. The van der Waals surface area contributed by atoms with Crippen LogP contribution in [0.1, 0.15) is 22.8 Å². The molecule has 0 aliphatic carbocycles. The van der Waals surface area contributed by atoms with Gasteiger partial charge in [0.15, 0.2) is 9.84 Å². The van der Waals surface area contributed by atoms with Crippen LogP contribution in [-0.4, -0.2) is 36.8 Å². The van der Waals surface area contributed by atoms with Gasteiger partial charge in [0.1, 0.15) is 17.5 Å². The highest BCUT2D eigenvalue weighted by molar-refractivity contribution is 7.90. The summed E-state index contributed by atoms with van der Waals surface area (Å²) < 4.78 is 51.0. The number of pyridine rings is 2. The van der Waals surface area contributed by atoms with Crippen LogP contribution in [0.5, 0.6) is 0 Å². The van der Waals surface area contributed by atoms with E-state index in [1.807, 2.05) is 6.07 Å². The molecule has 0 amide bonds. The van der Waals surface area contributed by atoms with Crippen molar-refractivity contribution in [2.24, 2.45) is 4.99 Å². The van der Waals surface area contributed by atoms with Crippen LogP contribution in [0.25, 0.3) is 0 Å². The lowest BCUT2D eigenvalue weighted by molar-refractivity contribution is 0.224. The molecule has 0 unspecified atom stereocenters. The second-order valence-electron chi connectivity index (χ2n) is 7.23. The quantitative estimate of drug-likeness (QED) is 0.605. The third-order valence-electron chi connectivity index (χ3n) is 4.81. The molecule has 3 heterocycles. The Morgan fingerprint density at radius 2 is 1.88 bits per heavy atom. The maximum absolute atomic E-state index is 13.3. The van der Waals surface area contributed by atoms with Crippen LogP contribution in [0.3, 0.4) is 0 Å². The van der Waals surface area contributed by atoms with E-state index < -0.39 is 16.3 Å². The average molecular weight is 453 g/mol. The molecule has 4 rings (SSSR count). The van der Waals surface area contributed by atoms with Crippen molar-refractivity contribution in [3.63, 3.8) is 0 Å². The lowest BCUT2D eigenvalue weighted by atomic mass is 10.1. The normalized spacial score (nSPS) is 12.9. The van der Waals surface area contributed by atoms with E-state index in [0.29, 0.717) is 28.5 Å². The number of fused-ring (bicyclic) bond motifs is 1. The van der Waals surface area contributed by atoms with Crippen molar-refractivity contribution in [3.8, 4) is 6.07 Å². The summed E-state index contributed by atoms with van der Waals surface area (Å²) in [5.41, 5.74) is 2.37. The summed E-state index contributed by atoms with van der Waals surface area (Å²) in [6, 6.07) is 15.0. The summed E-state index contributed by atoms with van der Waals surface area (Å²) in [5.74, 6) is 0. The molecule has 1 aromatic carbocycles. The Hall–Kier alpha value is -3.71. The second-order valence-corrected chi connectivity index (χ2v) is 9.22. The number of para-hydroxylation sites is 1. The van der Waals surface area contributed by atoms with Gasteiger partial charge >= 0.3 is 0 Å². The standard InChI is InChI=1S/C22H17F2N5O2S/c1-32(30,31)20-8-3-2-7-16(20)28-17-10-15(9-13-5-4-6-14(12-25)26-13)27-18-11-19(22(23)24)29-21(17)18/h2-8,10,22H,9,11H2,1H3,(H,27,28). The van der Waals surface area contributed by atoms with E-state index in [9.17, 15) is 17.2 Å². The predicted octanol–water partition coefficient (Wildman–Crippen LogP) is 3.98. The number of aromatic nitrogens is 2. The summed E-state index contributed by atoms with van der Waals surface area (Å²) in [4.78, 5) is 12.8. The molecule has 0 saturated carbocycles. The smallest absolute Gasteiger partial charge is 0.277 e. The van der Waals surface area contributed by atoms with Crippen LogP contribution >= 0.6 is 0 Å². The van der Waals surface area contributed by atoms with Gasteiger partial charge in [0.2, 0.25) is 0 Å². The van der Waals surface area contributed by atoms with Gasteiger partial charge in [-0.05, 0) is 30.3 Å². The summed E-state index contributed by atoms with van der Waals surface area (Å²) in [6.07, 6.45) is -1.47. The van der Waals surface area contributed by atoms with Gasteiger partial charge in [0.05, 0.1) is 27.7 Å². The van der Waals surface area contributed by atoms with Crippen molar-refractivity contribution in [2.45, 2.75) is 24.2 Å². The van der Waals surface area contributed by atoms with E-state index >= 15 is 0 Å². The Balaban J connectivity index is 1.78. The first-order chi connectivity index (χ1) is 15.2. The van der Waals surface area contributed by atoms with Crippen molar-refractivity contribution in [2.75, 3.05) is 11.6 Å². The van der Waals surface area contributed by atoms with Crippen LogP contribution in [0.4, 0.5) is 25.8 Å². The molecular formula is C22H17F2N5O2S. The minimum Gasteiger partial charge on any atom is -0.353 e. The van der Waals surface area contributed by atoms with Gasteiger partial charge in [-0.1, -0.05) is 18.2 Å². The molecule has 0 bridgehead atoms. The van der Waals surface area contributed by atoms with Crippen molar-refractivity contribution in [1.82, 2.24) is 9.97 Å². The fourth-order valence-corrected chi connectivity index (χ4v) is 4.27. The molecule has 1 aliphatic heterocycles. The molecule has 3 aromatic rings. The van der Waals surface area contributed by atoms with Crippen molar-refractivity contribution in [3.05, 3.63) is 71.3 Å². The van der Waals surface area contributed by atoms with Crippen molar-refractivity contribution < 1.29 is 17.2 Å². The van der Waals surface area contributed by atoms with Gasteiger partial charge in [0, 0.05) is 30.5 Å². The molecule has 0 fully saturated rings. The first-order valence-electron chi connectivity index (χ1n) is 9.55. The summed E-state index contributed by atoms with van der Waals surface area (Å²) in [5, 5.41) is 12.1. The van der Waals surface area contributed by atoms with Gasteiger partial charge < -0.3 is 5.32 Å². The van der Waals surface area contributed by atoms with Gasteiger partial charge in [-0.15, -0.1) is 0 Å². The monoisotopic (exact) mass is 453 g/mol. The lowest BCUT2D eigenvalue weighted by Gasteiger charge is -2.14. The SMILES string of the molecule is CS(=O)(=O)c1ccccc1Nc1cc(Cc2cccc(C#N)n2)nc2c1N=C(C(F)F)C2. The van der Waals surface area contributed by atoms with Crippen LogP contribution in [0.15, 0.2) is 58.4 Å². The minimum absolute atomic E-state index is 0.0755. The Kier molecular flexibility index (Phi) is 5.67. The molecule has 0 radical (unpaired) electrons. The van der Waals surface area contributed by atoms with Crippen molar-refractivity contribution in [1.29, 1.82) is 5.26 Å². The van der Waals surface area contributed by atoms with Gasteiger partial charge in [-0.3, -0.25) is 4.98 Å². The fraction of sp³-hybridized carbons (Fsp3) is 0.182. The number of hydrogen-bond donors (Lipinski definition) is 1. The molecule has 10 heteroatoms. The van der Waals surface area contributed by atoms with E-state index in [4.69, 9.17) is 5.26 Å². The molecule has 0 spiro atoms. The van der Waals surface area contributed by atoms with Crippen LogP contribution in [-0.2, 0) is 22.7 Å². The Bertz CT molecular complexity index is 1380.